The first-order valence-corrected chi connectivity index (χ1v) is 7.83. The molecule has 1 saturated heterocycles. The number of aromatic nitrogens is 2. The van der Waals surface area contributed by atoms with Crippen molar-refractivity contribution in [2.45, 2.75) is 31.3 Å². The second-order valence-electron chi connectivity index (χ2n) is 6.34. The van der Waals surface area contributed by atoms with Gasteiger partial charge >= 0.3 is 6.18 Å². The summed E-state index contributed by atoms with van der Waals surface area (Å²) >= 11 is 0. The van der Waals surface area contributed by atoms with Crippen LogP contribution in [-0.4, -0.2) is 46.9 Å². The van der Waals surface area contributed by atoms with Crippen molar-refractivity contribution in [1.82, 2.24) is 15.0 Å². The van der Waals surface area contributed by atoms with E-state index < -0.39 is 17.8 Å². The van der Waals surface area contributed by atoms with E-state index in [9.17, 15) is 18.3 Å². The number of benzene rings is 1. The molecule has 136 valence electrons. The van der Waals surface area contributed by atoms with Crippen LogP contribution in [0, 0.1) is 0 Å². The Kier molecular flexibility index (Phi) is 4.70. The van der Waals surface area contributed by atoms with E-state index in [4.69, 9.17) is 4.52 Å². The predicted molar refractivity (Wildman–Crippen MR) is 83.8 cm³/mol. The number of hydrogen-bond acceptors (Lipinski definition) is 6. The molecule has 25 heavy (non-hydrogen) atoms. The molecule has 0 radical (unpaired) electrons. The van der Waals surface area contributed by atoms with Gasteiger partial charge in [0, 0.05) is 26.7 Å². The van der Waals surface area contributed by atoms with Gasteiger partial charge < -0.3 is 14.5 Å². The van der Waals surface area contributed by atoms with Crippen LogP contribution in [0.3, 0.4) is 0 Å². The predicted octanol–water partition coefficient (Wildman–Crippen LogP) is 2.46. The highest BCUT2D eigenvalue weighted by molar-refractivity contribution is 5.29. The van der Waals surface area contributed by atoms with E-state index in [1.165, 1.54) is 6.07 Å². The minimum atomic E-state index is -4.40. The molecule has 2 atom stereocenters. The zero-order chi connectivity index (χ0) is 18.2. The van der Waals surface area contributed by atoms with Crippen LogP contribution in [0.2, 0.25) is 0 Å². The molecule has 1 fully saturated rings. The fourth-order valence-corrected chi connectivity index (χ4v) is 2.99. The maximum atomic E-state index is 13.0. The third-order valence-electron chi connectivity index (χ3n) is 4.18. The van der Waals surface area contributed by atoms with Gasteiger partial charge in [-0.1, -0.05) is 12.1 Å². The number of alkyl halides is 3. The summed E-state index contributed by atoms with van der Waals surface area (Å²) in [7, 11) is 3.55. The monoisotopic (exact) mass is 356 g/mol. The van der Waals surface area contributed by atoms with Gasteiger partial charge in [-0.3, -0.25) is 4.90 Å². The molecule has 2 aromatic rings. The third kappa shape index (κ3) is 3.93. The van der Waals surface area contributed by atoms with E-state index in [0.717, 1.165) is 12.1 Å². The summed E-state index contributed by atoms with van der Waals surface area (Å²) in [6, 6.07) is 4.86. The second kappa shape index (κ2) is 6.64. The van der Waals surface area contributed by atoms with Crippen molar-refractivity contribution in [3.05, 3.63) is 41.3 Å². The third-order valence-corrected chi connectivity index (χ3v) is 4.18. The fourth-order valence-electron chi connectivity index (χ4n) is 2.99. The summed E-state index contributed by atoms with van der Waals surface area (Å²) in [5, 5.41) is 13.8. The zero-order valence-electron chi connectivity index (χ0n) is 13.9. The number of likely N-dealkylation sites (tertiary alicyclic amines) is 1. The Morgan fingerprint density at radius 2 is 2.12 bits per heavy atom. The molecule has 9 heteroatoms. The molecule has 2 heterocycles. The van der Waals surface area contributed by atoms with Gasteiger partial charge in [0.25, 0.3) is 5.95 Å². The van der Waals surface area contributed by atoms with Crippen LogP contribution in [0.15, 0.2) is 28.8 Å². The Bertz CT molecular complexity index is 732. The molecule has 1 aliphatic rings. The molecule has 0 bridgehead atoms. The van der Waals surface area contributed by atoms with Gasteiger partial charge in [-0.25, -0.2) is 0 Å². The molecule has 0 spiro atoms. The Morgan fingerprint density at radius 1 is 1.36 bits per heavy atom. The largest absolute Gasteiger partial charge is 0.416 e. The average molecular weight is 356 g/mol. The zero-order valence-corrected chi connectivity index (χ0v) is 13.9. The number of aliphatic hydroxyl groups excluding tert-OH is 1. The summed E-state index contributed by atoms with van der Waals surface area (Å²) in [6.07, 6.45) is -4.66. The van der Waals surface area contributed by atoms with E-state index in [-0.39, 0.29) is 12.6 Å². The average Bonchev–Trinajstić information content (AvgIpc) is 3.14. The maximum Gasteiger partial charge on any atom is 0.416 e. The second-order valence-corrected chi connectivity index (χ2v) is 6.34. The number of β-amino-alcohol motifs (C(OH)–C–C–N with tert-alkyl or cyclic N) is 1. The van der Waals surface area contributed by atoms with Crippen molar-refractivity contribution in [1.29, 1.82) is 0 Å². The lowest BCUT2D eigenvalue weighted by Gasteiger charge is -2.23. The van der Waals surface area contributed by atoms with E-state index >= 15 is 0 Å². The lowest BCUT2D eigenvalue weighted by Crippen LogP contribution is -2.24. The molecular formula is C16H19F3N4O2. The molecule has 6 nitrogen and oxygen atoms in total. The Hall–Kier alpha value is -2.13. The molecule has 3 rings (SSSR count). The van der Waals surface area contributed by atoms with E-state index in [0.29, 0.717) is 30.4 Å². The van der Waals surface area contributed by atoms with Crippen LogP contribution in [0.25, 0.3) is 0 Å². The Balaban J connectivity index is 1.82. The van der Waals surface area contributed by atoms with Crippen LogP contribution in [0.4, 0.5) is 19.1 Å². The van der Waals surface area contributed by atoms with Crippen molar-refractivity contribution < 1.29 is 22.8 Å². The molecule has 1 aromatic heterocycles. The van der Waals surface area contributed by atoms with Gasteiger partial charge in [0.05, 0.1) is 18.2 Å². The lowest BCUT2D eigenvalue weighted by molar-refractivity contribution is -0.137. The fraction of sp³-hybridized carbons (Fsp3) is 0.500. The van der Waals surface area contributed by atoms with Crippen LogP contribution in [-0.2, 0) is 12.7 Å². The molecule has 0 aliphatic carbocycles. The number of nitrogens with zero attached hydrogens (tertiary/aromatic N) is 4. The first-order valence-electron chi connectivity index (χ1n) is 7.83. The summed E-state index contributed by atoms with van der Waals surface area (Å²) in [6.45, 7) is 0.597. The first kappa shape index (κ1) is 17.7. The van der Waals surface area contributed by atoms with Crippen molar-refractivity contribution in [2.75, 3.05) is 25.5 Å². The lowest BCUT2D eigenvalue weighted by atomic mass is 10.0. The topological polar surface area (TPSA) is 65.6 Å². The summed E-state index contributed by atoms with van der Waals surface area (Å²) in [5.41, 5.74) is -0.183. The van der Waals surface area contributed by atoms with Crippen LogP contribution in [0.5, 0.6) is 0 Å². The summed E-state index contributed by atoms with van der Waals surface area (Å²) in [4.78, 5) is 7.77. The van der Waals surface area contributed by atoms with Gasteiger partial charge in [-0.15, -0.1) is 0 Å². The number of halogens is 3. The number of aliphatic hydroxyl groups is 1. The van der Waals surface area contributed by atoms with Crippen LogP contribution >= 0.6 is 0 Å². The molecular weight excluding hydrogens is 337 g/mol. The van der Waals surface area contributed by atoms with Gasteiger partial charge in [-0.2, -0.15) is 18.2 Å². The molecule has 1 aliphatic heterocycles. The molecule has 0 saturated carbocycles. The summed E-state index contributed by atoms with van der Waals surface area (Å²) in [5.74, 6) is 0.778. The number of hydrogen-bond donors (Lipinski definition) is 1. The van der Waals surface area contributed by atoms with Crippen molar-refractivity contribution >= 4 is 5.95 Å². The SMILES string of the molecule is CN(C)c1noc(CN2C[C@H](O)C[C@H]2c2cccc(C(F)(F)F)c2)n1. The standard InChI is InChI=1S/C16H19F3N4O2/c1-22(2)15-20-14(25-21-15)9-23-8-12(24)7-13(23)10-4-3-5-11(6-10)16(17,18)19/h3-6,12-13,24H,7-9H2,1-2H3/t12-,13+/m1/s1. The first-order chi connectivity index (χ1) is 11.7. The van der Waals surface area contributed by atoms with Crippen molar-refractivity contribution in [2.24, 2.45) is 0 Å². The van der Waals surface area contributed by atoms with Gasteiger partial charge in [-0.05, 0) is 29.3 Å². The molecule has 1 N–H and O–H groups in total. The van der Waals surface area contributed by atoms with Gasteiger partial charge in [0.15, 0.2) is 0 Å². The van der Waals surface area contributed by atoms with Gasteiger partial charge in [0.2, 0.25) is 5.89 Å². The maximum absolute atomic E-state index is 13.0. The van der Waals surface area contributed by atoms with Crippen LogP contribution in [0.1, 0.15) is 29.5 Å². The van der Waals surface area contributed by atoms with Gasteiger partial charge in [0.1, 0.15) is 0 Å². The van der Waals surface area contributed by atoms with E-state index in [2.05, 4.69) is 10.1 Å². The quantitative estimate of drug-likeness (QED) is 0.908. The molecule has 1 aromatic carbocycles. The molecule has 0 unspecified atom stereocenters. The summed E-state index contributed by atoms with van der Waals surface area (Å²) < 4.78 is 44.0. The van der Waals surface area contributed by atoms with E-state index in [1.54, 1.807) is 25.1 Å². The normalized spacial score (nSPS) is 21.7. The van der Waals surface area contributed by atoms with Crippen molar-refractivity contribution in [3.8, 4) is 0 Å². The molecule has 0 amide bonds. The Labute approximate surface area is 142 Å². The number of rotatable bonds is 4. The number of anilines is 1. The highest BCUT2D eigenvalue weighted by Crippen LogP contribution is 2.36. The van der Waals surface area contributed by atoms with Crippen LogP contribution < -0.4 is 4.90 Å². The Morgan fingerprint density at radius 3 is 2.76 bits per heavy atom. The highest BCUT2D eigenvalue weighted by Gasteiger charge is 2.35. The minimum Gasteiger partial charge on any atom is -0.392 e. The van der Waals surface area contributed by atoms with Crippen molar-refractivity contribution in [3.63, 3.8) is 0 Å². The smallest absolute Gasteiger partial charge is 0.392 e. The van der Waals surface area contributed by atoms with E-state index in [1.807, 2.05) is 4.90 Å². The minimum absolute atomic E-state index is 0.263. The highest BCUT2D eigenvalue weighted by atomic mass is 19.4.